The molecule has 2 aromatic rings. The van der Waals surface area contributed by atoms with Gasteiger partial charge in [-0.3, -0.25) is 4.79 Å². The highest BCUT2D eigenvalue weighted by molar-refractivity contribution is 6.01. The Kier molecular flexibility index (Phi) is 5.02. The first-order chi connectivity index (χ1) is 10.1. The van der Waals surface area contributed by atoms with Crippen LogP contribution in [0.4, 0.5) is 0 Å². The van der Waals surface area contributed by atoms with Crippen LogP contribution in [-0.2, 0) is 6.54 Å². The SMILES string of the molecule is CCCCn1c(C(=O)NCC(C)O)c(C)c2ccccc21. The lowest BCUT2D eigenvalue weighted by Gasteiger charge is -2.12. The molecule has 1 heterocycles. The number of rotatable bonds is 6. The maximum Gasteiger partial charge on any atom is 0.268 e. The van der Waals surface area contributed by atoms with Crippen molar-refractivity contribution in [3.05, 3.63) is 35.5 Å². The molecule has 1 amide bonds. The van der Waals surface area contributed by atoms with E-state index in [9.17, 15) is 9.90 Å². The van der Waals surface area contributed by atoms with Crippen molar-refractivity contribution < 1.29 is 9.90 Å². The molecule has 0 saturated carbocycles. The van der Waals surface area contributed by atoms with Crippen LogP contribution < -0.4 is 5.32 Å². The van der Waals surface area contributed by atoms with Gasteiger partial charge in [0.1, 0.15) is 5.69 Å². The van der Waals surface area contributed by atoms with Crippen molar-refractivity contribution in [2.75, 3.05) is 6.54 Å². The fourth-order valence-electron chi connectivity index (χ4n) is 2.64. The zero-order chi connectivity index (χ0) is 15.4. The summed E-state index contributed by atoms with van der Waals surface area (Å²) in [5.41, 5.74) is 2.82. The highest BCUT2D eigenvalue weighted by Crippen LogP contribution is 2.26. The predicted octanol–water partition coefficient (Wildman–Crippen LogP) is 2.86. The van der Waals surface area contributed by atoms with E-state index in [-0.39, 0.29) is 12.5 Å². The summed E-state index contributed by atoms with van der Waals surface area (Å²) in [4.78, 5) is 12.5. The lowest BCUT2D eigenvalue weighted by atomic mass is 10.1. The summed E-state index contributed by atoms with van der Waals surface area (Å²) in [6.07, 6.45) is 1.58. The Morgan fingerprint density at radius 1 is 1.38 bits per heavy atom. The Hall–Kier alpha value is -1.81. The normalized spacial score (nSPS) is 12.6. The van der Waals surface area contributed by atoms with Crippen molar-refractivity contribution in [1.29, 1.82) is 0 Å². The third-order valence-corrected chi connectivity index (χ3v) is 3.73. The van der Waals surface area contributed by atoms with E-state index in [2.05, 4.69) is 28.9 Å². The molecule has 2 N–H and O–H groups in total. The van der Waals surface area contributed by atoms with Gasteiger partial charge in [0.15, 0.2) is 0 Å². The van der Waals surface area contributed by atoms with Gasteiger partial charge in [-0.25, -0.2) is 0 Å². The van der Waals surface area contributed by atoms with Gasteiger partial charge in [0, 0.05) is 24.0 Å². The molecule has 21 heavy (non-hydrogen) atoms. The third-order valence-electron chi connectivity index (χ3n) is 3.73. The number of aryl methyl sites for hydroxylation is 2. The van der Waals surface area contributed by atoms with E-state index in [1.165, 1.54) is 0 Å². The molecule has 4 heteroatoms. The van der Waals surface area contributed by atoms with E-state index < -0.39 is 6.10 Å². The molecular formula is C17H24N2O2. The van der Waals surface area contributed by atoms with Crippen LogP contribution in [0.5, 0.6) is 0 Å². The molecule has 114 valence electrons. The molecule has 2 rings (SSSR count). The highest BCUT2D eigenvalue weighted by atomic mass is 16.3. The molecule has 0 radical (unpaired) electrons. The number of amides is 1. The number of aliphatic hydroxyl groups excluding tert-OH is 1. The first kappa shape index (κ1) is 15.6. The van der Waals surface area contributed by atoms with Crippen molar-refractivity contribution in [2.24, 2.45) is 0 Å². The highest BCUT2D eigenvalue weighted by Gasteiger charge is 2.19. The summed E-state index contributed by atoms with van der Waals surface area (Å²) >= 11 is 0. The number of fused-ring (bicyclic) bond motifs is 1. The Morgan fingerprint density at radius 2 is 2.10 bits per heavy atom. The number of carbonyl (C=O) groups excluding carboxylic acids is 1. The fourth-order valence-corrected chi connectivity index (χ4v) is 2.64. The standard InChI is InChI=1S/C17H24N2O2/c1-4-5-10-19-15-9-7-6-8-14(15)13(3)16(19)17(21)18-11-12(2)20/h6-9,12,20H,4-5,10-11H2,1-3H3,(H,18,21). The third kappa shape index (κ3) is 3.27. The molecule has 0 spiro atoms. The summed E-state index contributed by atoms with van der Waals surface area (Å²) in [6, 6.07) is 8.11. The second kappa shape index (κ2) is 6.76. The number of nitrogens with one attached hydrogen (secondary N) is 1. The number of benzene rings is 1. The molecule has 4 nitrogen and oxygen atoms in total. The van der Waals surface area contributed by atoms with Crippen molar-refractivity contribution >= 4 is 16.8 Å². The molecule has 1 atom stereocenters. The molecule has 0 aliphatic carbocycles. The molecule has 0 fully saturated rings. The average molecular weight is 288 g/mol. The van der Waals surface area contributed by atoms with Gasteiger partial charge in [-0.15, -0.1) is 0 Å². The van der Waals surface area contributed by atoms with Gasteiger partial charge in [0.25, 0.3) is 5.91 Å². The van der Waals surface area contributed by atoms with Crippen LogP contribution in [0.1, 0.15) is 42.7 Å². The van der Waals surface area contributed by atoms with Crippen LogP contribution in [0.25, 0.3) is 10.9 Å². The zero-order valence-corrected chi connectivity index (χ0v) is 13.0. The Morgan fingerprint density at radius 3 is 2.76 bits per heavy atom. The van der Waals surface area contributed by atoms with Crippen LogP contribution in [0, 0.1) is 6.92 Å². The van der Waals surface area contributed by atoms with Crippen LogP contribution in [-0.4, -0.2) is 28.2 Å². The Balaban J connectivity index is 2.44. The van der Waals surface area contributed by atoms with Gasteiger partial charge in [-0.05, 0) is 31.9 Å². The second-order valence-corrected chi connectivity index (χ2v) is 5.55. The second-order valence-electron chi connectivity index (χ2n) is 5.55. The van der Waals surface area contributed by atoms with Crippen LogP contribution >= 0.6 is 0 Å². The van der Waals surface area contributed by atoms with Gasteiger partial charge in [-0.2, -0.15) is 0 Å². The minimum Gasteiger partial charge on any atom is -0.392 e. The van der Waals surface area contributed by atoms with Crippen molar-refractivity contribution in [1.82, 2.24) is 9.88 Å². The van der Waals surface area contributed by atoms with Gasteiger partial charge in [-0.1, -0.05) is 31.5 Å². The molecular weight excluding hydrogens is 264 g/mol. The molecule has 1 unspecified atom stereocenters. The minimum atomic E-state index is -0.539. The van der Waals surface area contributed by atoms with E-state index in [0.29, 0.717) is 5.69 Å². The fraction of sp³-hybridized carbons (Fsp3) is 0.471. The lowest BCUT2D eigenvalue weighted by Crippen LogP contribution is -2.32. The summed E-state index contributed by atoms with van der Waals surface area (Å²) < 4.78 is 2.10. The van der Waals surface area contributed by atoms with Crippen molar-refractivity contribution in [2.45, 2.75) is 46.3 Å². The molecule has 0 aliphatic heterocycles. The number of aliphatic hydroxyl groups is 1. The number of unbranched alkanes of at least 4 members (excludes halogenated alkanes) is 1. The van der Waals surface area contributed by atoms with E-state index in [1.54, 1.807) is 6.92 Å². The summed E-state index contributed by atoms with van der Waals surface area (Å²) in [5.74, 6) is -0.110. The van der Waals surface area contributed by atoms with E-state index in [0.717, 1.165) is 35.9 Å². The number of nitrogens with zero attached hydrogens (tertiary/aromatic N) is 1. The topological polar surface area (TPSA) is 54.3 Å². The first-order valence-electron chi connectivity index (χ1n) is 7.60. The summed E-state index contributed by atoms with van der Waals surface area (Å²) in [6.45, 7) is 6.91. The number of aromatic nitrogens is 1. The smallest absolute Gasteiger partial charge is 0.268 e. The van der Waals surface area contributed by atoms with Crippen molar-refractivity contribution in [3.63, 3.8) is 0 Å². The van der Waals surface area contributed by atoms with Gasteiger partial charge in [0.05, 0.1) is 6.10 Å². The van der Waals surface area contributed by atoms with Crippen molar-refractivity contribution in [3.8, 4) is 0 Å². The van der Waals surface area contributed by atoms with E-state index in [1.807, 2.05) is 19.1 Å². The van der Waals surface area contributed by atoms with E-state index in [4.69, 9.17) is 0 Å². The lowest BCUT2D eigenvalue weighted by molar-refractivity contribution is 0.0914. The maximum absolute atomic E-state index is 12.5. The summed E-state index contributed by atoms with van der Waals surface area (Å²) in [5, 5.41) is 13.3. The number of hydrogen-bond acceptors (Lipinski definition) is 2. The molecule has 0 bridgehead atoms. The minimum absolute atomic E-state index is 0.110. The molecule has 1 aromatic carbocycles. The van der Waals surface area contributed by atoms with Gasteiger partial charge in [0.2, 0.25) is 0 Å². The van der Waals surface area contributed by atoms with Gasteiger partial charge < -0.3 is 15.0 Å². The number of carbonyl (C=O) groups is 1. The largest absolute Gasteiger partial charge is 0.392 e. The number of para-hydroxylation sites is 1. The number of hydrogen-bond donors (Lipinski definition) is 2. The molecule has 1 aromatic heterocycles. The first-order valence-corrected chi connectivity index (χ1v) is 7.60. The average Bonchev–Trinajstić information content (AvgIpc) is 2.76. The van der Waals surface area contributed by atoms with Gasteiger partial charge >= 0.3 is 0 Å². The summed E-state index contributed by atoms with van der Waals surface area (Å²) in [7, 11) is 0. The van der Waals surface area contributed by atoms with Crippen LogP contribution in [0.15, 0.2) is 24.3 Å². The Labute approximate surface area is 125 Å². The zero-order valence-electron chi connectivity index (χ0n) is 13.0. The maximum atomic E-state index is 12.5. The van der Waals surface area contributed by atoms with Crippen LogP contribution in [0.2, 0.25) is 0 Å². The monoisotopic (exact) mass is 288 g/mol. The Bertz CT molecular complexity index is 629. The van der Waals surface area contributed by atoms with Crippen LogP contribution in [0.3, 0.4) is 0 Å². The van der Waals surface area contributed by atoms with E-state index >= 15 is 0 Å². The quantitative estimate of drug-likeness (QED) is 0.858. The molecule has 0 saturated heterocycles. The molecule has 0 aliphatic rings. The predicted molar refractivity (Wildman–Crippen MR) is 85.6 cm³/mol.